The third kappa shape index (κ3) is 2.67. The van der Waals surface area contributed by atoms with Crippen molar-refractivity contribution in [1.29, 1.82) is 0 Å². The summed E-state index contributed by atoms with van der Waals surface area (Å²) in [6, 6.07) is 8.52. The normalized spacial score (nSPS) is 19.2. The summed E-state index contributed by atoms with van der Waals surface area (Å²) < 4.78 is 0. The van der Waals surface area contributed by atoms with Crippen LogP contribution < -0.4 is 5.32 Å². The Morgan fingerprint density at radius 3 is 3.04 bits per heavy atom. The molecule has 2 aliphatic rings. The average molecular weight is 308 g/mol. The van der Waals surface area contributed by atoms with Crippen LogP contribution in [-0.4, -0.2) is 27.4 Å². The lowest BCUT2D eigenvalue weighted by molar-refractivity contribution is 0.187. The van der Waals surface area contributed by atoms with Gasteiger partial charge in [0.25, 0.3) is 0 Å². The van der Waals surface area contributed by atoms with Crippen molar-refractivity contribution in [2.45, 2.75) is 38.8 Å². The summed E-state index contributed by atoms with van der Waals surface area (Å²) in [5.74, 6) is 0.796. The topological polar surface area (TPSA) is 58.1 Å². The van der Waals surface area contributed by atoms with Gasteiger partial charge in [-0.15, -0.1) is 0 Å². The predicted octanol–water partition coefficient (Wildman–Crippen LogP) is 2.54. The van der Waals surface area contributed by atoms with E-state index in [1.54, 1.807) is 0 Å². The number of urea groups is 1. The summed E-state index contributed by atoms with van der Waals surface area (Å²) >= 11 is 0. The minimum Gasteiger partial charge on any atom is -0.331 e. The van der Waals surface area contributed by atoms with E-state index in [1.165, 1.54) is 11.1 Å². The molecule has 1 N–H and O–H groups in total. The van der Waals surface area contributed by atoms with Gasteiger partial charge < -0.3 is 10.2 Å². The fraction of sp³-hybridized carbons (Fsp3) is 0.389. The number of hydrogen-bond acceptors (Lipinski definition) is 3. The smallest absolute Gasteiger partial charge is 0.318 e. The summed E-state index contributed by atoms with van der Waals surface area (Å²) in [7, 11) is 0. The van der Waals surface area contributed by atoms with E-state index >= 15 is 0 Å². The molecular weight excluding hydrogens is 288 g/mol. The first-order valence-corrected chi connectivity index (χ1v) is 8.15. The molecule has 1 aliphatic heterocycles. The maximum atomic E-state index is 12.6. The molecule has 1 aliphatic carbocycles. The molecule has 0 radical (unpaired) electrons. The molecule has 0 spiro atoms. The molecule has 0 bridgehead atoms. The van der Waals surface area contributed by atoms with Crippen molar-refractivity contribution >= 4 is 6.03 Å². The van der Waals surface area contributed by atoms with Crippen LogP contribution in [-0.2, 0) is 19.4 Å². The highest BCUT2D eigenvalue weighted by molar-refractivity contribution is 5.75. The fourth-order valence-corrected chi connectivity index (χ4v) is 3.54. The first-order chi connectivity index (χ1) is 11.2. The Morgan fingerprint density at radius 1 is 1.26 bits per heavy atom. The van der Waals surface area contributed by atoms with E-state index in [0.29, 0.717) is 13.1 Å². The molecule has 118 valence electrons. The lowest BCUT2D eigenvalue weighted by atomic mass is 10.1. The number of aromatic nitrogens is 2. The van der Waals surface area contributed by atoms with Crippen LogP contribution in [0.3, 0.4) is 0 Å². The molecule has 2 heterocycles. The van der Waals surface area contributed by atoms with E-state index in [2.05, 4.69) is 33.5 Å². The zero-order valence-electron chi connectivity index (χ0n) is 13.2. The number of benzene rings is 1. The van der Waals surface area contributed by atoms with Gasteiger partial charge >= 0.3 is 6.03 Å². The molecule has 0 unspecified atom stereocenters. The van der Waals surface area contributed by atoms with Gasteiger partial charge in [-0.3, -0.25) is 0 Å². The van der Waals surface area contributed by atoms with Crippen LogP contribution >= 0.6 is 0 Å². The van der Waals surface area contributed by atoms with E-state index < -0.39 is 0 Å². The van der Waals surface area contributed by atoms with E-state index in [-0.39, 0.29) is 12.1 Å². The molecule has 1 aromatic heterocycles. The third-order valence-corrected chi connectivity index (χ3v) is 4.77. The van der Waals surface area contributed by atoms with E-state index in [0.717, 1.165) is 36.3 Å². The van der Waals surface area contributed by atoms with Crippen LogP contribution in [0, 0.1) is 6.92 Å². The van der Waals surface area contributed by atoms with Crippen LogP contribution in [0.2, 0.25) is 0 Å². The Kier molecular flexibility index (Phi) is 3.48. The molecule has 5 nitrogen and oxygen atoms in total. The van der Waals surface area contributed by atoms with Gasteiger partial charge in [-0.05, 0) is 30.9 Å². The van der Waals surface area contributed by atoms with Crippen LogP contribution in [0.5, 0.6) is 0 Å². The van der Waals surface area contributed by atoms with Crippen molar-refractivity contribution in [3.63, 3.8) is 0 Å². The summed E-state index contributed by atoms with van der Waals surface area (Å²) in [6.45, 7) is 3.20. The first-order valence-electron chi connectivity index (χ1n) is 8.15. The molecule has 2 aromatic rings. The molecule has 5 heteroatoms. The quantitative estimate of drug-likeness (QED) is 0.881. The SMILES string of the molecule is Cc1ncc2c(n1)CCN(C(=O)N[C@@H]1CCc3ccccc31)C2. The number of aryl methyl sites for hydroxylation is 2. The first kappa shape index (κ1) is 14.2. The number of carbonyl (C=O) groups is 1. The molecular formula is C18H20N4O. The largest absolute Gasteiger partial charge is 0.331 e. The Hall–Kier alpha value is -2.43. The minimum absolute atomic E-state index is 0.0120. The van der Waals surface area contributed by atoms with Gasteiger partial charge in [0.15, 0.2) is 0 Å². The highest BCUT2D eigenvalue weighted by Gasteiger charge is 2.27. The third-order valence-electron chi connectivity index (χ3n) is 4.77. The van der Waals surface area contributed by atoms with Crippen molar-refractivity contribution in [3.8, 4) is 0 Å². The average Bonchev–Trinajstić information content (AvgIpc) is 2.97. The second-order valence-corrected chi connectivity index (χ2v) is 6.30. The van der Waals surface area contributed by atoms with Crippen molar-refractivity contribution in [3.05, 3.63) is 58.7 Å². The van der Waals surface area contributed by atoms with Gasteiger partial charge in [0, 0.05) is 24.7 Å². The van der Waals surface area contributed by atoms with Crippen LogP contribution in [0.15, 0.2) is 30.5 Å². The summed E-state index contributed by atoms with van der Waals surface area (Å²) in [5, 5.41) is 3.19. The zero-order valence-corrected chi connectivity index (χ0v) is 13.2. The number of rotatable bonds is 1. The summed E-state index contributed by atoms with van der Waals surface area (Å²) in [4.78, 5) is 23.2. The number of nitrogens with one attached hydrogen (secondary N) is 1. The number of nitrogens with zero attached hydrogens (tertiary/aromatic N) is 3. The van der Waals surface area contributed by atoms with Gasteiger partial charge in [-0.2, -0.15) is 0 Å². The molecule has 0 saturated carbocycles. The zero-order chi connectivity index (χ0) is 15.8. The van der Waals surface area contributed by atoms with E-state index in [1.807, 2.05) is 24.1 Å². The van der Waals surface area contributed by atoms with Gasteiger partial charge in [0.2, 0.25) is 0 Å². The Bertz CT molecular complexity index is 758. The maximum Gasteiger partial charge on any atom is 0.318 e. The molecule has 0 fully saturated rings. The molecule has 1 aromatic carbocycles. The molecule has 0 saturated heterocycles. The van der Waals surface area contributed by atoms with Crippen molar-refractivity contribution in [2.24, 2.45) is 0 Å². The van der Waals surface area contributed by atoms with Crippen molar-refractivity contribution in [1.82, 2.24) is 20.2 Å². The lowest BCUT2D eigenvalue weighted by Gasteiger charge is -2.29. The second-order valence-electron chi connectivity index (χ2n) is 6.30. The molecule has 23 heavy (non-hydrogen) atoms. The molecule has 2 amide bonds. The van der Waals surface area contributed by atoms with E-state index in [4.69, 9.17) is 0 Å². The van der Waals surface area contributed by atoms with Gasteiger partial charge in [0.05, 0.1) is 18.3 Å². The molecule has 1 atom stereocenters. The number of fused-ring (bicyclic) bond motifs is 2. The highest BCUT2D eigenvalue weighted by atomic mass is 16.2. The Labute approximate surface area is 135 Å². The number of hydrogen-bond donors (Lipinski definition) is 1. The lowest BCUT2D eigenvalue weighted by Crippen LogP contribution is -2.44. The maximum absolute atomic E-state index is 12.6. The van der Waals surface area contributed by atoms with Gasteiger partial charge in [-0.1, -0.05) is 24.3 Å². The number of carbonyl (C=O) groups excluding carboxylic acids is 1. The summed E-state index contributed by atoms with van der Waals surface area (Å²) in [6.07, 6.45) is 4.67. The predicted molar refractivity (Wildman–Crippen MR) is 86.9 cm³/mol. The van der Waals surface area contributed by atoms with Crippen LogP contribution in [0.1, 0.15) is 40.7 Å². The van der Waals surface area contributed by atoms with Gasteiger partial charge in [-0.25, -0.2) is 14.8 Å². The second kappa shape index (κ2) is 5.65. The van der Waals surface area contributed by atoms with Gasteiger partial charge in [0.1, 0.15) is 5.82 Å². The highest BCUT2D eigenvalue weighted by Crippen LogP contribution is 2.31. The van der Waals surface area contributed by atoms with Crippen LogP contribution in [0.4, 0.5) is 4.79 Å². The fourth-order valence-electron chi connectivity index (χ4n) is 3.54. The minimum atomic E-state index is 0.0120. The molecule has 4 rings (SSSR count). The van der Waals surface area contributed by atoms with Crippen LogP contribution in [0.25, 0.3) is 0 Å². The monoisotopic (exact) mass is 308 g/mol. The summed E-state index contributed by atoms with van der Waals surface area (Å²) in [5.41, 5.74) is 4.75. The van der Waals surface area contributed by atoms with E-state index in [9.17, 15) is 4.79 Å². The Balaban J connectivity index is 1.46. The standard InChI is InChI=1S/C18H20N4O/c1-12-19-10-14-11-22(9-8-16(14)20-12)18(23)21-17-7-6-13-4-2-3-5-15(13)17/h2-5,10,17H,6-9,11H2,1H3,(H,21,23)/t17-/m1/s1. The Morgan fingerprint density at radius 2 is 2.13 bits per heavy atom. The number of amides is 2. The van der Waals surface area contributed by atoms with Crippen molar-refractivity contribution < 1.29 is 4.79 Å². The van der Waals surface area contributed by atoms with Crippen molar-refractivity contribution in [2.75, 3.05) is 6.54 Å².